The molecule has 7 nitrogen and oxygen atoms in total. The lowest BCUT2D eigenvalue weighted by Gasteiger charge is -2.25. The molecule has 2 heterocycles. The predicted octanol–water partition coefficient (Wildman–Crippen LogP) is 2.66. The second-order valence-corrected chi connectivity index (χ2v) is 6.07. The van der Waals surface area contributed by atoms with Crippen molar-refractivity contribution in [3.63, 3.8) is 0 Å². The number of nitrogens with zero attached hydrogens (tertiary/aromatic N) is 3. The van der Waals surface area contributed by atoms with Crippen LogP contribution in [0.4, 0.5) is 16.3 Å². The Morgan fingerprint density at radius 1 is 1.24 bits per heavy atom. The van der Waals surface area contributed by atoms with Crippen LogP contribution in [0.15, 0.2) is 36.7 Å². The highest BCUT2D eigenvalue weighted by Gasteiger charge is 2.22. The van der Waals surface area contributed by atoms with Crippen LogP contribution in [0.5, 0.6) is 0 Å². The minimum atomic E-state index is -0.294. The van der Waals surface area contributed by atoms with Gasteiger partial charge in [0.1, 0.15) is 5.82 Å². The van der Waals surface area contributed by atoms with E-state index in [0.29, 0.717) is 11.5 Å². The summed E-state index contributed by atoms with van der Waals surface area (Å²) in [6.07, 6.45) is 6.18. The first kappa shape index (κ1) is 16.9. The van der Waals surface area contributed by atoms with Gasteiger partial charge in [0.05, 0.1) is 23.6 Å². The third kappa shape index (κ3) is 3.93. The molecule has 0 saturated carbocycles. The SMILES string of the molecule is CC(=O)N(C)c1ccc(NC(=O)N[C@@H]2CCCc3cccnc32)cn1. The Labute approximate surface area is 146 Å². The number of fused-ring (bicyclic) bond motifs is 1. The van der Waals surface area contributed by atoms with E-state index in [1.807, 2.05) is 6.07 Å². The van der Waals surface area contributed by atoms with Crippen molar-refractivity contribution in [2.24, 2.45) is 0 Å². The van der Waals surface area contributed by atoms with Gasteiger partial charge < -0.3 is 15.5 Å². The molecule has 25 heavy (non-hydrogen) atoms. The highest BCUT2D eigenvalue weighted by molar-refractivity contribution is 5.91. The molecule has 2 N–H and O–H groups in total. The first-order valence-electron chi connectivity index (χ1n) is 8.26. The van der Waals surface area contributed by atoms with Gasteiger partial charge in [-0.3, -0.25) is 9.78 Å². The van der Waals surface area contributed by atoms with Crippen LogP contribution in [0.3, 0.4) is 0 Å². The number of carbonyl (C=O) groups excluding carboxylic acids is 2. The lowest BCUT2D eigenvalue weighted by atomic mass is 9.92. The monoisotopic (exact) mass is 339 g/mol. The first-order valence-corrected chi connectivity index (χ1v) is 8.26. The van der Waals surface area contributed by atoms with Gasteiger partial charge in [-0.25, -0.2) is 9.78 Å². The zero-order valence-corrected chi connectivity index (χ0v) is 14.3. The maximum atomic E-state index is 12.3. The van der Waals surface area contributed by atoms with Gasteiger partial charge in [0, 0.05) is 20.2 Å². The summed E-state index contributed by atoms with van der Waals surface area (Å²) in [4.78, 5) is 33.6. The van der Waals surface area contributed by atoms with Gasteiger partial charge >= 0.3 is 6.03 Å². The second-order valence-electron chi connectivity index (χ2n) is 6.07. The van der Waals surface area contributed by atoms with Gasteiger partial charge in [-0.15, -0.1) is 0 Å². The van der Waals surface area contributed by atoms with E-state index in [0.717, 1.165) is 25.0 Å². The topological polar surface area (TPSA) is 87.2 Å². The summed E-state index contributed by atoms with van der Waals surface area (Å²) in [6.45, 7) is 1.47. The van der Waals surface area contributed by atoms with Gasteiger partial charge in [0.25, 0.3) is 0 Å². The fourth-order valence-corrected chi connectivity index (χ4v) is 2.90. The number of hydrogen-bond acceptors (Lipinski definition) is 4. The smallest absolute Gasteiger partial charge is 0.319 e. The maximum Gasteiger partial charge on any atom is 0.319 e. The van der Waals surface area contributed by atoms with E-state index in [1.54, 1.807) is 25.4 Å². The Hall–Kier alpha value is -2.96. The van der Waals surface area contributed by atoms with Gasteiger partial charge in [-0.2, -0.15) is 0 Å². The quantitative estimate of drug-likeness (QED) is 0.900. The number of anilines is 2. The molecule has 2 aromatic rings. The van der Waals surface area contributed by atoms with Gasteiger partial charge in [-0.05, 0) is 43.0 Å². The third-order valence-corrected chi connectivity index (χ3v) is 4.32. The molecule has 0 aromatic carbocycles. The van der Waals surface area contributed by atoms with E-state index >= 15 is 0 Å². The summed E-state index contributed by atoms with van der Waals surface area (Å²) < 4.78 is 0. The van der Waals surface area contributed by atoms with Crippen molar-refractivity contribution in [3.05, 3.63) is 47.9 Å². The molecule has 0 radical (unpaired) electrons. The predicted molar refractivity (Wildman–Crippen MR) is 95.4 cm³/mol. The molecule has 2 aromatic heterocycles. The van der Waals surface area contributed by atoms with Crippen molar-refractivity contribution in [1.29, 1.82) is 0 Å². The minimum Gasteiger partial charge on any atom is -0.329 e. The molecule has 1 aliphatic carbocycles. The number of aryl methyl sites for hydroxylation is 1. The lowest BCUT2D eigenvalue weighted by Crippen LogP contribution is -2.35. The van der Waals surface area contributed by atoms with Crippen LogP contribution >= 0.6 is 0 Å². The van der Waals surface area contributed by atoms with Crippen LogP contribution in [0, 0.1) is 0 Å². The van der Waals surface area contributed by atoms with E-state index in [2.05, 4.69) is 26.7 Å². The summed E-state index contributed by atoms with van der Waals surface area (Å²) in [6, 6.07) is 7.01. The van der Waals surface area contributed by atoms with Crippen LogP contribution in [0.1, 0.15) is 37.1 Å². The van der Waals surface area contributed by atoms with Crippen LogP contribution < -0.4 is 15.5 Å². The average molecular weight is 339 g/mol. The summed E-state index contributed by atoms with van der Waals surface area (Å²) in [5.74, 6) is 0.429. The number of pyridine rings is 2. The minimum absolute atomic E-state index is 0.0824. The number of carbonyl (C=O) groups is 2. The number of rotatable bonds is 3. The molecule has 130 valence electrons. The summed E-state index contributed by atoms with van der Waals surface area (Å²) in [7, 11) is 1.65. The normalized spacial score (nSPS) is 15.8. The first-order chi connectivity index (χ1) is 12.0. The molecule has 3 amide bonds. The van der Waals surface area contributed by atoms with E-state index < -0.39 is 0 Å². The van der Waals surface area contributed by atoms with Crippen molar-refractivity contribution in [2.45, 2.75) is 32.2 Å². The molecule has 3 rings (SSSR count). The van der Waals surface area contributed by atoms with E-state index in [4.69, 9.17) is 0 Å². The Balaban J connectivity index is 1.63. The van der Waals surface area contributed by atoms with E-state index in [1.165, 1.54) is 23.6 Å². The van der Waals surface area contributed by atoms with Gasteiger partial charge in [0.15, 0.2) is 0 Å². The molecule has 0 spiro atoms. The Morgan fingerprint density at radius 3 is 2.80 bits per heavy atom. The second kappa shape index (κ2) is 7.29. The average Bonchev–Trinajstić information content (AvgIpc) is 2.62. The Morgan fingerprint density at radius 2 is 2.08 bits per heavy atom. The number of urea groups is 1. The number of nitrogens with one attached hydrogen (secondary N) is 2. The molecule has 0 bridgehead atoms. The van der Waals surface area contributed by atoms with Crippen molar-refractivity contribution in [1.82, 2.24) is 15.3 Å². The summed E-state index contributed by atoms with van der Waals surface area (Å²) in [5, 5.41) is 5.75. The Bertz CT molecular complexity index is 775. The summed E-state index contributed by atoms with van der Waals surface area (Å²) in [5.41, 5.74) is 2.70. The lowest BCUT2D eigenvalue weighted by molar-refractivity contribution is -0.116. The third-order valence-electron chi connectivity index (χ3n) is 4.32. The molecule has 0 fully saturated rings. The number of hydrogen-bond donors (Lipinski definition) is 2. The van der Waals surface area contributed by atoms with Crippen molar-refractivity contribution < 1.29 is 9.59 Å². The van der Waals surface area contributed by atoms with Crippen LogP contribution in [0.2, 0.25) is 0 Å². The van der Waals surface area contributed by atoms with Crippen molar-refractivity contribution in [2.75, 3.05) is 17.3 Å². The number of amides is 3. The van der Waals surface area contributed by atoms with Gasteiger partial charge in [0.2, 0.25) is 5.91 Å². The fraction of sp³-hybridized carbons (Fsp3) is 0.333. The largest absolute Gasteiger partial charge is 0.329 e. The molecule has 0 aliphatic heterocycles. The van der Waals surface area contributed by atoms with Crippen LogP contribution in [-0.4, -0.2) is 29.0 Å². The molecular formula is C18H21N5O2. The van der Waals surface area contributed by atoms with Crippen molar-refractivity contribution in [3.8, 4) is 0 Å². The zero-order chi connectivity index (χ0) is 17.8. The molecular weight excluding hydrogens is 318 g/mol. The van der Waals surface area contributed by atoms with Crippen LogP contribution in [-0.2, 0) is 11.2 Å². The van der Waals surface area contributed by atoms with Crippen LogP contribution in [0.25, 0.3) is 0 Å². The maximum absolute atomic E-state index is 12.3. The molecule has 0 saturated heterocycles. The highest BCUT2D eigenvalue weighted by Crippen LogP contribution is 2.27. The molecule has 0 unspecified atom stereocenters. The number of aromatic nitrogens is 2. The highest BCUT2D eigenvalue weighted by atomic mass is 16.2. The van der Waals surface area contributed by atoms with E-state index in [9.17, 15) is 9.59 Å². The van der Waals surface area contributed by atoms with Crippen molar-refractivity contribution >= 4 is 23.4 Å². The Kier molecular flexibility index (Phi) is 4.92. The molecule has 1 atom stereocenters. The zero-order valence-electron chi connectivity index (χ0n) is 14.3. The molecule has 1 aliphatic rings. The van der Waals surface area contributed by atoms with Gasteiger partial charge in [-0.1, -0.05) is 6.07 Å². The molecule has 7 heteroatoms. The summed E-state index contributed by atoms with van der Waals surface area (Å²) >= 11 is 0. The standard InChI is InChI=1S/C18H21N5O2/c1-12(24)23(2)16-9-8-14(11-20-16)21-18(25)22-15-7-3-5-13-6-4-10-19-17(13)15/h4,6,8-11,15H,3,5,7H2,1-2H3,(H2,21,22,25)/t15-/m1/s1. The van der Waals surface area contributed by atoms with E-state index in [-0.39, 0.29) is 18.0 Å². The fourth-order valence-electron chi connectivity index (χ4n) is 2.90.